The fourth-order valence-electron chi connectivity index (χ4n) is 3.60. The molecule has 6 heteroatoms. The summed E-state index contributed by atoms with van der Waals surface area (Å²) in [5.41, 5.74) is 2.54. The first-order valence-corrected chi connectivity index (χ1v) is 10.5. The van der Waals surface area contributed by atoms with Crippen molar-refractivity contribution in [2.75, 3.05) is 17.3 Å². The number of nitrogens with zero attached hydrogens (tertiary/aromatic N) is 1. The van der Waals surface area contributed by atoms with Crippen LogP contribution in [0, 0.1) is 0 Å². The molecule has 1 aliphatic heterocycles. The van der Waals surface area contributed by atoms with Gasteiger partial charge in [-0.15, -0.1) is 0 Å². The third-order valence-electron chi connectivity index (χ3n) is 5.03. The number of para-hydroxylation sites is 1. The molecule has 0 aliphatic carbocycles. The minimum Gasteiger partial charge on any atom is -0.497 e. The average molecular weight is 419 g/mol. The number of anilines is 2. The van der Waals surface area contributed by atoms with Crippen molar-refractivity contribution in [3.8, 4) is 5.75 Å². The van der Waals surface area contributed by atoms with Crippen LogP contribution in [0.3, 0.4) is 0 Å². The number of carbonyl (C=O) groups is 2. The first-order chi connectivity index (χ1) is 14.5. The Hall–Kier alpha value is -3.25. The van der Waals surface area contributed by atoms with Crippen molar-refractivity contribution in [1.82, 2.24) is 0 Å². The lowest BCUT2D eigenvalue weighted by atomic mass is 10.1. The summed E-state index contributed by atoms with van der Waals surface area (Å²) in [6, 6.07) is 22.7. The standard InChI is InChI=1S/C24H22N2O3S/c1-16(27)26-22-6-4-3-5-17(22)15-23(26)24(28)25-18-7-11-20(12-8-18)30-21-13-9-19(29-2)10-14-21/h3-14,23H,15H2,1-2H3,(H,25,28)/t23-/m0/s1. The second-order valence-electron chi connectivity index (χ2n) is 7.03. The fraction of sp³-hybridized carbons (Fsp3) is 0.167. The van der Waals surface area contributed by atoms with Crippen molar-refractivity contribution >= 4 is 35.0 Å². The van der Waals surface area contributed by atoms with Crippen molar-refractivity contribution in [3.05, 3.63) is 78.4 Å². The van der Waals surface area contributed by atoms with E-state index in [-0.39, 0.29) is 11.8 Å². The molecule has 0 radical (unpaired) electrons. The van der Waals surface area contributed by atoms with Crippen molar-refractivity contribution in [1.29, 1.82) is 0 Å². The normalized spacial score (nSPS) is 14.9. The zero-order valence-corrected chi connectivity index (χ0v) is 17.6. The third kappa shape index (κ3) is 4.19. The van der Waals surface area contributed by atoms with Gasteiger partial charge in [-0.05, 0) is 60.2 Å². The van der Waals surface area contributed by atoms with Gasteiger partial charge in [0.1, 0.15) is 11.8 Å². The van der Waals surface area contributed by atoms with Gasteiger partial charge in [0.05, 0.1) is 7.11 Å². The fourth-order valence-corrected chi connectivity index (χ4v) is 4.41. The second kappa shape index (κ2) is 8.63. The molecule has 1 heterocycles. The van der Waals surface area contributed by atoms with Gasteiger partial charge in [0.15, 0.2) is 0 Å². The van der Waals surface area contributed by atoms with E-state index in [1.807, 2.05) is 72.8 Å². The summed E-state index contributed by atoms with van der Waals surface area (Å²) in [7, 11) is 1.65. The van der Waals surface area contributed by atoms with E-state index in [4.69, 9.17) is 4.74 Å². The molecule has 0 aromatic heterocycles. The van der Waals surface area contributed by atoms with Gasteiger partial charge in [-0.1, -0.05) is 30.0 Å². The van der Waals surface area contributed by atoms with Crippen LogP contribution in [0.25, 0.3) is 0 Å². The van der Waals surface area contributed by atoms with Gasteiger partial charge in [-0.3, -0.25) is 14.5 Å². The number of amides is 2. The summed E-state index contributed by atoms with van der Waals surface area (Å²) in [5.74, 6) is 0.509. The number of nitrogens with one attached hydrogen (secondary N) is 1. The largest absolute Gasteiger partial charge is 0.497 e. The number of benzene rings is 3. The summed E-state index contributed by atoms with van der Waals surface area (Å²) in [5, 5.41) is 2.95. The Morgan fingerprint density at radius 1 is 0.967 bits per heavy atom. The van der Waals surface area contributed by atoms with Crippen LogP contribution in [0.4, 0.5) is 11.4 Å². The highest BCUT2D eigenvalue weighted by Gasteiger charge is 2.36. The maximum Gasteiger partial charge on any atom is 0.247 e. The molecule has 3 aromatic carbocycles. The molecule has 152 valence electrons. The molecule has 30 heavy (non-hydrogen) atoms. The van der Waals surface area contributed by atoms with E-state index < -0.39 is 6.04 Å². The molecule has 0 unspecified atom stereocenters. The molecule has 0 saturated carbocycles. The van der Waals surface area contributed by atoms with Crippen molar-refractivity contribution in [3.63, 3.8) is 0 Å². The number of carbonyl (C=O) groups excluding carboxylic acids is 2. The van der Waals surface area contributed by atoms with Crippen molar-refractivity contribution in [2.24, 2.45) is 0 Å². The topological polar surface area (TPSA) is 58.6 Å². The average Bonchev–Trinajstić information content (AvgIpc) is 3.16. The molecule has 1 atom stereocenters. The highest BCUT2D eigenvalue weighted by atomic mass is 32.2. The van der Waals surface area contributed by atoms with Crippen LogP contribution in [0.15, 0.2) is 82.6 Å². The zero-order valence-electron chi connectivity index (χ0n) is 16.8. The molecule has 0 bridgehead atoms. The molecular weight excluding hydrogens is 396 g/mol. The molecule has 5 nitrogen and oxygen atoms in total. The molecule has 0 spiro atoms. The molecule has 0 saturated heterocycles. The second-order valence-corrected chi connectivity index (χ2v) is 8.18. The number of hydrogen-bond acceptors (Lipinski definition) is 4. The highest BCUT2D eigenvalue weighted by Crippen LogP contribution is 2.33. The third-order valence-corrected chi connectivity index (χ3v) is 6.05. The number of ether oxygens (including phenoxy) is 1. The van der Waals surface area contributed by atoms with Crippen LogP contribution in [0.2, 0.25) is 0 Å². The first kappa shape index (κ1) is 20.0. The van der Waals surface area contributed by atoms with E-state index >= 15 is 0 Å². The van der Waals surface area contributed by atoms with E-state index in [9.17, 15) is 9.59 Å². The summed E-state index contributed by atoms with van der Waals surface area (Å²) >= 11 is 1.63. The SMILES string of the molecule is COc1ccc(Sc2ccc(NC(=O)[C@@H]3Cc4ccccc4N3C(C)=O)cc2)cc1. The predicted molar refractivity (Wildman–Crippen MR) is 119 cm³/mol. The summed E-state index contributed by atoms with van der Waals surface area (Å²) in [6.07, 6.45) is 0.521. The molecule has 0 fully saturated rings. The van der Waals surface area contributed by atoms with Gasteiger partial charge in [0.2, 0.25) is 11.8 Å². The van der Waals surface area contributed by atoms with Gasteiger partial charge in [-0.2, -0.15) is 0 Å². The van der Waals surface area contributed by atoms with Crippen LogP contribution in [-0.2, 0) is 16.0 Å². The Morgan fingerprint density at radius 2 is 1.60 bits per heavy atom. The minimum absolute atomic E-state index is 0.133. The van der Waals surface area contributed by atoms with Gasteiger partial charge >= 0.3 is 0 Å². The lowest BCUT2D eigenvalue weighted by Gasteiger charge is -2.23. The monoisotopic (exact) mass is 418 g/mol. The van der Waals surface area contributed by atoms with Crippen LogP contribution < -0.4 is 15.0 Å². The molecule has 2 amide bonds. The van der Waals surface area contributed by atoms with Crippen LogP contribution in [-0.4, -0.2) is 25.0 Å². The Kier molecular flexibility index (Phi) is 5.77. The Balaban J connectivity index is 1.43. The lowest BCUT2D eigenvalue weighted by molar-refractivity contribution is -0.122. The first-order valence-electron chi connectivity index (χ1n) is 9.65. The van der Waals surface area contributed by atoms with Crippen molar-refractivity contribution < 1.29 is 14.3 Å². The Morgan fingerprint density at radius 3 is 2.23 bits per heavy atom. The molecule has 3 aromatic rings. The highest BCUT2D eigenvalue weighted by molar-refractivity contribution is 7.99. The van der Waals surface area contributed by atoms with Gasteiger partial charge in [-0.25, -0.2) is 0 Å². The predicted octanol–water partition coefficient (Wildman–Crippen LogP) is 4.76. The number of rotatable bonds is 5. The van der Waals surface area contributed by atoms with Crippen LogP contribution >= 0.6 is 11.8 Å². The molecule has 1 N–H and O–H groups in total. The van der Waals surface area contributed by atoms with Gasteiger partial charge in [0, 0.05) is 34.5 Å². The molecular formula is C24H22N2O3S. The van der Waals surface area contributed by atoms with E-state index in [0.717, 1.165) is 26.8 Å². The Bertz CT molecular complexity index is 1060. The number of hydrogen-bond donors (Lipinski definition) is 1. The summed E-state index contributed by atoms with van der Waals surface area (Å²) in [4.78, 5) is 28.8. The van der Waals surface area contributed by atoms with E-state index in [1.54, 1.807) is 23.8 Å². The quantitative estimate of drug-likeness (QED) is 0.649. The lowest BCUT2D eigenvalue weighted by Crippen LogP contribution is -2.44. The van der Waals surface area contributed by atoms with E-state index in [1.165, 1.54) is 6.92 Å². The van der Waals surface area contributed by atoms with Crippen LogP contribution in [0.5, 0.6) is 5.75 Å². The maximum atomic E-state index is 12.9. The Labute approximate surface area is 180 Å². The molecule has 1 aliphatic rings. The van der Waals surface area contributed by atoms with Crippen LogP contribution in [0.1, 0.15) is 12.5 Å². The zero-order chi connectivity index (χ0) is 21.1. The van der Waals surface area contributed by atoms with E-state index in [0.29, 0.717) is 12.1 Å². The van der Waals surface area contributed by atoms with Gasteiger partial charge in [0.25, 0.3) is 0 Å². The summed E-state index contributed by atoms with van der Waals surface area (Å²) in [6.45, 7) is 1.49. The van der Waals surface area contributed by atoms with Crippen molar-refractivity contribution in [2.45, 2.75) is 29.2 Å². The molecule has 4 rings (SSSR count). The number of methoxy groups -OCH3 is 1. The van der Waals surface area contributed by atoms with Gasteiger partial charge < -0.3 is 10.1 Å². The summed E-state index contributed by atoms with van der Waals surface area (Å²) < 4.78 is 5.18. The maximum absolute atomic E-state index is 12.9. The number of fused-ring (bicyclic) bond motifs is 1. The van der Waals surface area contributed by atoms with E-state index in [2.05, 4.69) is 5.32 Å². The minimum atomic E-state index is -0.534. The smallest absolute Gasteiger partial charge is 0.247 e.